The monoisotopic (exact) mass is 526 g/mol. The minimum atomic E-state index is -3.92. The minimum absolute atomic E-state index is 0.0427. The van der Waals surface area contributed by atoms with Crippen molar-refractivity contribution < 1.29 is 13.2 Å². The minimum Gasteiger partial charge on any atom is -0.324 e. The molecule has 0 aliphatic heterocycles. The van der Waals surface area contributed by atoms with Crippen LogP contribution in [0.3, 0.4) is 0 Å². The molecular weight excluding hydrogens is 511 g/mol. The van der Waals surface area contributed by atoms with Gasteiger partial charge < -0.3 is 5.32 Å². The molecule has 0 heterocycles. The number of rotatable bonds is 7. The molecule has 1 amide bonds. The summed E-state index contributed by atoms with van der Waals surface area (Å²) in [5.74, 6) is -0.518. The van der Waals surface area contributed by atoms with E-state index in [4.69, 9.17) is 23.2 Å². The van der Waals surface area contributed by atoms with Crippen LogP contribution < -0.4 is 5.32 Å². The van der Waals surface area contributed by atoms with Gasteiger partial charge in [-0.1, -0.05) is 69.5 Å². The fourth-order valence-corrected chi connectivity index (χ4v) is 4.81. The van der Waals surface area contributed by atoms with Gasteiger partial charge in [-0.15, -0.1) is 0 Å². The smallest absolute Gasteiger partial charge is 0.243 e. The van der Waals surface area contributed by atoms with Crippen LogP contribution >= 0.6 is 39.1 Å². The normalized spacial score (nSPS) is 11.5. The SMILES string of the molecule is O=C(CN(Cc1ccccc1)S(=O)(=O)c1ccc(Br)cc1)Nc1ccc(Cl)cc1Cl. The molecule has 0 unspecified atom stereocenters. The van der Waals surface area contributed by atoms with Gasteiger partial charge >= 0.3 is 0 Å². The van der Waals surface area contributed by atoms with Gasteiger partial charge in [0.15, 0.2) is 0 Å². The van der Waals surface area contributed by atoms with Crippen LogP contribution in [0, 0.1) is 0 Å². The van der Waals surface area contributed by atoms with Crippen molar-refractivity contribution in [2.24, 2.45) is 0 Å². The van der Waals surface area contributed by atoms with Crippen molar-refractivity contribution in [3.63, 3.8) is 0 Å². The van der Waals surface area contributed by atoms with Gasteiger partial charge in [0.1, 0.15) is 0 Å². The molecule has 0 radical (unpaired) electrons. The number of amides is 1. The summed E-state index contributed by atoms with van der Waals surface area (Å²) in [6.07, 6.45) is 0. The molecule has 0 aliphatic carbocycles. The Kier molecular flexibility index (Phi) is 7.55. The van der Waals surface area contributed by atoms with Gasteiger partial charge in [-0.3, -0.25) is 4.79 Å². The van der Waals surface area contributed by atoms with Crippen molar-refractivity contribution in [3.8, 4) is 0 Å². The van der Waals surface area contributed by atoms with Gasteiger partial charge in [-0.25, -0.2) is 8.42 Å². The first-order chi connectivity index (χ1) is 14.3. The molecule has 0 aliphatic rings. The number of anilines is 1. The summed E-state index contributed by atoms with van der Waals surface area (Å²) in [6.45, 7) is -0.340. The van der Waals surface area contributed by atoms with Gasteiger partial charge in [0.25, 0.3) is 0 Å². The van der Waals surface area contributed by atoms with Crippen molar-refractivity contribution >= 4 is 60.7 Å². The molecule has 0 saturated heterocycles. The molecule has 0 aromatic heterocycles. The lowest BCUT2D eigenvalue weighted by Crippen LogP contribution is -2.37. The van der Waals surface area contributed by atoms with E-state index in [0.29, 0.717) is 10.7 Å². The second-order valence-electron chi connectivity index (χ2n) is 6.38. The predicted molar refractivity (Wildman–Crippen MR) is 123 cm³/mol. The van der Waals surface area contributed by atoms with E-state index < -0.39 is 15.9 Å². The quantitative estimate of drug-likeness (QED) is 0.435. The number of nitrogens with zero attached hydrogens (tertiary/aromatic N) is 1. The van der Waals surface area contributed by atoms with Gasteiger partial charge in [-0.05, 0) is 48.0 Å². The second-order valence-corrected chi connectivity index (χ2v) is 10.1. The Balaban J connectivity index is 1.87. The number of benzene rings is 3. The maximum Gasteiger partial charge on any atom is 0.243 e. The molecule has 0 fully saturated rings. The third-order valence-corrected chi connectivity index (χ3v) is 7.06. The van der Waals surface area contributed by atoms with Crippen LogP contribution in [-0.4, -0.2) is 25.2 Å². The van der Waals surface area contributed by atoms with Gasteiger partial charge in [0.05, 0.1) is 22.2 Å². The number of sulfonamides is 1. The second kappa shape index (κ2) is 9.94. The number of carbonyl (C=O) groups is 1. The lowest BCUT2D eigenvalue weighted by molar-refractivity contribution is -0.116. The Bertz CT molecular complexity index is 1140. The Labute approximate surface area is 193 Å². The van der Waals surface area contributed by atoms with Crippen LogP contribution in [0.2, 0.25) is 10.0 Å². The highest BCUT2D eigenvalue weighted by molar-refractivity contribution is 9.10. The Morgan fingerprint density at radius 1 is 0.967 bits per heavy atom. The van der Waals surface area contributed by atoms with Gasteiger partial charge in [-0.2, -0.15) is 4.31 Å². The third-order valence-electron chi connectivity index (χ3n) is 4.18. The van der Waals surface area contributed by atoms with E-state index in [-0.39, 0.29) is 23.0 Å². The molecule has 1 N–H and O–H groups in total. The first-order valence-electron chi connectivity index (χ1n) is 8.80. The zero-order valence-corrected chi connectivity index (χ0v) is 19.5. The summed E-state index contributed by atoms with van der Waals surface area (Å²) in [4.78, 5) is 12.8. The summed E-state index contributed by atoms with van der Waals surface area (Å²) in [5, 5.41) is 3.34. The van der Waals surface area contributed by atoms with Crippen molar-refractivity contribution in [1.29, 1.82) is 0 Å². The molecule has 9 heteroatoms. The molecule has 0 bridgehead atoms. The number of halogens is 3. The number of hydrogen-bond acceptors (Lipinski definition) is 3. The van der Waals surface area contributed by atoms with E-state index in [1.807, 2.05) is 18.2 Å². The number of carbonyl (C=O) groups excluding carboxylic acids is 1. The fraction of sp³-hybridized carbons (Fsp3) is 0.0952. The Hall–Kier alpha value is -1.90. The molecule has 5 nitrogen and oxygen atoms in total. The van der Waals surface area contributed by atoms with E-state index in [2.05, 4.69) is 21.2 Å². The standard InChI is InChI=1S/C21H17BrCl2N2O3S/c22-16-6-9-18(10-7-16)30(28,29)26(13-15-4-2-1-3-5-15)14-21(27)25-20-11-8-17(23)12-19(20)24/h1-12H,13-14H2,(H,25,27). The molecule has 0 saturated carbocycles. The summed E-state index contributed by atoms with van der Waals surface area (Å²) >= 11 is 15.3. The summed E-state index contributed by atoms with van der Waals surface area (Å²) < 4.78 is 28.4. The van der Waals surface area contributed by atoms with E-state index in [0.717, 1.165) is 14.3 Å². The van der Waals surface area contributed by atoms with Crippen LogP contribution in [0.5, 0.6) is 0 Å². The van der Waals surface area contributed by atoms with Crippen molar-refractivity contribution in [1.82, 2.24) is 4.31 Å². The van der Waals surface area contributed by atoms with Gasteiger partial charge in [0, 0.05) is 16.0 Å². The number of nitrogens with one attached hydrogen (secondary N) is 1. The molecule has 3 rings (SSSR count). The average molecular weight is 528 g/mol. The summed E-state index contributed by atoms with van der Waals surface area (Å²) in [7, 11) is -3.92. The van der Waals surface area contributed by atoms with E-state index in [1.54, 1.807) is 36.4 Å². The topological polar surface area (TPSA) is 66.5 Å². The Morgan fingerprint density at radius 3 is 2.27 bits per heavy atom. The molecule has 30 heavy (non-hydrogen) atoms. The van der Waals surface area contributed by atoms with Crippen molar-refractivity contribution in [2.45, 2.75) is 11.4 Å². The lowest BCUT2D eigenvalue weighted by atomic mass is 10.2. The maximum absolute atomic E-state index is 13.2. The highest BCUT2D eigenvalue weighted by Crippen LogP contribution is 2.26. The van der Waals surface area contributed by atoms with Crippen molar-refractivity contribution in [2.75, 3.05) is 11.9 Å². The zero-order chi connectivity index (χ0) is 21.7. The molecule has 0 atom stereocenters. The van der Waals surface area contributed by atoms with Crippen LogP contribution in [-0.2, 0) is 21.4 Å². The third kappa shape index (κ3) is 5.83. The average Bonchev–Trinajstić information content (AvgIpc) is 2.71. The first kappa shape index (κ1) is 22.8. The van der Waals surface area contributed by atoms with Crippen LogP contribution in [0.25, 0.3) is 0 Å². The van der Waals surface area contributed by atoms with Crippen LogP contribution in [0.1, 0.15) is 5.56 Å². The van der Waals surface area contributed by atoms with E-state index in [1.165, 1.54) is 18.2 Å². The van der Waals surface area contributed by atoms with E-state index >= 15 is 0 Å². The van der Waals surface area contributed by atoms with Crippen molar-refractivity contribution in [3.05, 3.63) is 92.9 Å². The molecule has 0 spiro atoms. The fourth-order valence-electron chi connectivity index (χ4n) is 2.71. The predicted octanol–water partition coefficient (Wildman–Crippen LogP) is 5.59. The number of hydrogen-bond donors (Lipinski definition) is 1. The lowest BCUT2D eigenvalue weighted by Gasteiger charge is -2.22. The maximum atomic E-state index is 13.2. The highest BCUT2D eigenvalue weighted by atomic mass is 79.9. The Morgan fingerprint density at radius 2 is 1.63 bits per heavy atom. The van der Waals surface area contributed by atoms with Gasteiger partial charge in [0.2, 0.25) is 15.9 Å². The van der Waals surface area contributed by atoms with Crippen LogP contribution in [0.15, 0.2) is 82.2 Å². The molecule has 3 aromatic carbocycles. The molecular formula is C21H17BrCl2N2O3S. The highest BCUT2D eigenvalue weighted by Gasteiger charge is 2.27. The summed E-state index contributed by atoms with van der Waals surface area (Å²) in [5.41, 5.74) is 1.11. The molecule has 3 aromatic rings. The van der Waals surface area contributed by atoms with Crippen LogP contribution in [0.4, 0.5) is 5.69 Å². The van der Waals surface area contributed by atoms with E-state index in [9.17, 15) is 13.2 Å². The zero-order valence-electron chi connectivity index (χ0n) is 15.6. The summed E-state index contributed by atoms with van der Waals surface area (Å²) in [6, 6.07) is 20.0. The first-order valence-corrected chi connectivity index (χ1v) is 11.8. The largest absolute Gasteiger partial charge is 0.324 e. The molecule has 156 valence electrons.